The van der Waals surface area contributed by atoms with Crippen molar-refractivity contribution >= 4 is 17.8 Å². The molecule has 4 heteroatoms. The Morgan fingerprint density at radius 1 is 1.21 bits per heavy atom. The zero-order valence-corrected chi connectivity index (χ0v) is 11.3. The number of halogens is 1. The average Bonchev–Trinajstić information content (AvgIpc) is 2.43. The van der Waals surface area contributed by atoms with Crippen LogP contribution in [-0.4, -0.2) is 18.4 Å². The van der Waals surface area contributed by atoms with Crippen molar-refractivity contribution in [1.82, 2.24) is 0 Å². The summed E-state index contributed by atoms with van der Waals surface area (Å²) in [5.74, 6) is 0.989. The Hall–Kier alpha value is -2.00. The van der Waals surface area contributed by atoms with Gasteiger partial charge in [0.1, 0.15) is 11.5 Å². The molecule has 0 spiro atoms. The highest BCUT2D eigenvalue weighted by molar-refractivity contribution is 6.30. The van der Waals surface area contributed by atoms with Crippen LogP contribution in [0.2, 0.25) is 5.02 Å². The fourth-order valence-electron chi connectivity index (χ4n) is 1.61. The van der Waals surface area contributed by atoms with Gasteiger partial charge in [-0.05, 0) is 35.9 Å². The van der Waals surface area contributed by atoms with Gasteiger partial charge in [-0.15, -0.1) is 0 Å². The van der Waals surface area contributed by atoms with Crippen LogP contribution in [0.3, 0.4) is 0 Å². The zero-order valence-electron chi connectivity index (χ0n) is 10.5. The maximum atomic E-state index is 9.63. The van der Waals surface area contributed by atoms with E-state index < -0.39 is 0 Å². The number of phenols is 1. The molecule has 2 rings (SSSR count). The molecule has 0 fully saturated rings. The van der Waals surface area contributed by atoms with Crippen molar-refractivity contribution in [2.75, 3.05) is 7.11 Å². The van der Waals surface area contributed by atoms with Gasteiger partial charge in [0, 0.05) is 16.8 Å². The summed E-state index contributed by atoms with van der Waals surface area (Å²) in [6, 6.07) is 12.6. The quantitative estimate of drug-likeness (QED) is 0.865. The lowest BCUT2D eigenvalue weighted by Gasteiger charge is -2.01. The van der Waals surface area contributed by atoms with Crippen LogP contribution in [0.1, 0.15) is 11.1 Å². The summed E-state index contributed by atoms with van der Waals surface area (Å²) < 4.78 is 5.09. The van der Waals surface area contributed by atoms with Crippen LogP contribution in [0.4, 0.5) is 0 Å². The molecule has 0 heterocycles. The molecule has 2 aromatic rings. The Labute approximate surface area is 117 Å². The molecule has 0 atom stereocenters. The fourth-order valence-corrected chi connectivity index (χ4v) is 1.79. The second-order valence-corrected chi connectivity index (χ2v) is 4.46. The Bertz CT molecular complexity index is 579. The van der Waals surface area contributed by atoms with Gasteiger partial charge >= 0.3 is 0 Å². The summed E-state index contributed by atoms with van der Waals surface area (Å²) >= 11 is 5.86. The average molecular weight is 276 g/mol. The molecule has 0 aliphatic rings. The molecule has 0 bridgehead atoms. The van der Waals surface area contributed by atoms with Gasteiger partial charge in [0.25, 0.3) is 0 Å². The minimum Gasteiger partial charge on any atom is -0.507 e. The maximum absolute atomic E-state index is 9.63. The summed E-state index contributed by atoms with van der Waals surface area (Å²) in [6.07, 6.45) is 1.62. The molecule has 0 unspecified atom stereocenters. The van der Waals surface area contributed by atoms with E-state index in [1.54, 1.807) is 31.5 Å². The molecule has 19 heavy (non-hydrogen) atoms. The number of ether oxygens (including phenoxy) is 1. The Kier molecular flexibility index (Phi) is 4.42. The first-order valence-corrected chi connectivity index (χ1v) is 6.18. The molecule has 2 aromatic carbocycles. The largest absolute Gasteiger partial charge is 0.507 e. The molecule has 0 saturated carbocycles. The van der Waals surface area contributed by atoms with Crippen molar-refractivity contribution in [2.24, 2.45) is 4.99 Å². The first kappa shape index (κ1) is 13.4. The minimum atomic E-state index is 0.169. The van der Waals surface area contributed by atoms with Gasteiger partial charge in [-0.25, -0.2) is 0 Å². The predicted molar refractivity (Wildman–Crippen MR) is 77.4 cm³/mol. The van der Waals surface area contributed by atoms with E-state index in [1.807, 2.05) is 24.3 Å². The highest BCUT2D eigenvalue weighted by Crippen LogP contribution is 2.20. The van der Waals surface area contributed by atoms with Gasteiger partial charge in [0.2, 0.25) is 0 Å². The lowest BCUT2D eigenvalue weighted by molar-refractivity contribution is 0.414. The monoisotopic (exact) mass is 275 g/mol. The molecule has 0 aliphatic carbocycles. The highest BCUT2D eigenvalue weighted by atomic mass is 35.5. The van der Waals surface area contributed by atoms with Crippen LogP contribution in [0, 0.1) is 0 Å². The first-order valence-electron chi connectivity index (χ1n) is 5.80. The van der Waals surface area contributed by atoms with Gasteiger partial charge in [0.05, 0.1) is 13.7 Å². The Balaban J connectivity index is 2.04. The molecule has 0 aromatic heterocycles. The summed E-state index contributed by atoms with van der Waals surface area (Å²) in [7, 11) is 1.63. The summed E-state index contributed by atoms with van der Waals surface area (Å²) in [6.45, 7) is 0.538. The Morgan fingerprint density at radius 3 is 2.63 bits per heavy atom. The molecule has 98 valence electrons. The second kappa shape index (κ2) is 6.25. The minimum absolute atomic E-state index is 0.169. The number of hydrogen-bond donors (Lipinski definition) is 1. The van der Waals surface area contributed by atoms with Crippen molar-refractivity contribution < 1.29 is 9.84 Å². The number of benzene rings is 2. The first-order chi connectivity index (χ1) is 9.19. The van der Waals surface area contributed by atoms with Gasteiger partial charge in [0.15, 0.2) is 0 Å². The fraction of sp³-hybridized carbons (Fsp3) is 0.133. The molecule has 1 N–H and O–H groups in total. The standard InChI is InChI=1S/C15H14ClNO2/c1-19-14-5-2-11(3-6-14)9-17-10-12-8-13(16)4-7-15(12)18/h2-8,10,18H,9H2,1H3/b17-10+. The number of phenolic OH excluding ortho intramolecular Hbond substituents is 1. The van der Waals surface area contributed by atoms with Crippen molar-refractivity contribution in [1.29, 1.82) is 0 Å². The normalized spacial score (nSPS) is 10.8. The molecule has 0 amide bonds. The molecular weight excluding hydrogens is 262 g/mol. The predicted octanol–water partition coefficient (Wildman–Crippen LogP) is 3.67. The smallest absolute Gasteiger partial charge is 0.124 e. The van der Waals surface area contributed by atoms with Crippen molar-refractivity contribution in [2.45, 2.75) is 6.54 Å². The van der Waals surface area contributed by atoms with Crippen molar-refractivity contribution in [3.63, 3.8) is 0 Å². The third-order valence-corrected chi connectivity index (χ3v) is 2.89. The zero-order chi connectivity index (χ0) is 13.7. The van der Waals surface area contributed by atoms with Crippen LogP contribution in [0.25, 0.3) is 0 Å². The third kappa shape index (κ3) is 3.73. The van der Waals surface area contributed by atoms with Gasteiger partial charge in [-0.1, -0.05) is 23.7 Å². The highest BCUT2D eigenvalue weighted by Gasteiger charge is 1.98. The van der Waals surface area contributed by atoms with Gasteiger partial charge < -0.3 is 9.84 Å². The number of nitrogens with zero attached hydrogens (tertiary/aromatic N) is 1. The number of methoxy groups -OCH3 is 1. The Morgan fingerprint density at radius 2 is 1.95 bits per heavy atom. The van der Waals surface area contributed by atoms with Gasteiger partial charge in [-0.3, -0.25) is 4.99 Å². The van der Waals surface area contributed by atoms with E-state index in [2.05, 4.69) is 4.99 Å². The van der Waals surface area contributed by atoms with E-state index in [0.29, 0.717) is 17.1 Å². The maximum Gasteiger partial charge on any atom is 0.124 e. The molecule has 0 saturated heterocycles. The third-order valence-electron chi connectivity index (χ3n) is 2.65. The van der Waals surface area contributed by atoms with Crippen LogP contribution >= 0.6 is 11.6 Å². The van der Waals surface area contributed by atoms with Crippen LogP contribution in [0.15, 0.2) is 47.5 Å². The van der Waals surface area contributed by atoms with Crippen LogP contribution in [0.5, 0.6) is 11.5 Å². The topological polar surface area (TPSA) is 41.8 Å². The van der Waals surface area contributed by atoms with Crippen molar-refractivity contribution in [3.8, 4) is 11.5 Å². The van der Waals surface area contributed by atoms with Crippen molar-refractivity contribution in [3.05, 3.63) is 58.6 Å². The molecule has 0 aliphatic heterocycles. The van der Waals surface area contributed by atoms with E-state index in [1.165, 1.54) is 0 Å². The van der Waals surface area contributed by atoms with E-state index in [-0.39, 0.29) is 5.75 Å². The summed E-state index contributed by atoms with van der Waals surface area (Å²) in [4.78, 5) is 4.28. The van der Waals surface area contributed by atoms with Crippen LogP contribution in [-0.2, 0) is 6.54 Å². The molecule has 3 nitrogen and oxygen atoms in total. The number of aromatic hydroxyl groups is 1. The van der Waals surface area contributed by atoms with E-state index in [0.717, 1.165) is 11.3 Å². The second-order valence-electron chi connectivity index (χ2n) is 4.02. The summed E-state index contributed by atoms with van der Waals surface area (Å²) in [5.41, 5.74) is 1.68. The van der Waals surface area contributed by atoms with Gasteiger partial charge in [-0.2, -0.15) is 0 Å². The number of rotatable bonds is 4. The van der Waals surface area contributed by atoms with E-state index in [9.17, 15) is 5.11 Å². The summed E-state index contributed by atoms with van der Waals surface area (Å²) in [5, 5.41) is 10.2. The number of aliphatic imine (C=N–C) groups is 1. The lowest BCUT2D eigenvalue weighted by Crippen LogP contribution is -1.87. The molecular formula is C15H14ClNO2. The van der Waals surface area contributed by atoms with E-state index >= 15 is 0 Å². The molecule has 0 radical (unpaired) electrons. The number of hydrogen-bond acceptors (Lipinski definition) is 3. The van der Waals surface area contributed by atoms with Crippen LogP contribution < -0.4 is 4.74 Å². The van der Waals surface area contributed by atoms with E-state index in [4.69, 9.17) is 16.3 Å². The lowest BCUT2D eigenvalue weighted by atomic mass is 10.2. The SMILES string of the molecule is COc1ccc(C/N=C/c2cc(Cl)ccc2O)cc1.